The van der Waals surface area contributed by atoms with Crippen LogP contribution in [0.4, 0.5) is 15.2 Å². The highest BCUT2D eigenvalue weighted by molar-refractivity contribution is 7.14. The van der Waals surface area contributed by atoms with E-state index in [9.17, 15) is 14.0 Å². The Hall–Kier alpha value is -3.20. The van der Waals surface area contributed by atoms with Crippen LogP contribution in [0.3, 0.4) is 0 Å². The van der Waals surface area contributed by atoms with E-state index < -0.39 is 0 Å². The Morgan fingerprint density at radius 2 is 2.23 bits per heavy atom. The van der Waals surface area contributed by atoms with Crippen LogP contribution >= 0.6 is 11.3 Å². The molecule has 2 amide bonds. The Kier molecular flexibility index (Phi) is 6.31. The summed E-state index contributed by atoms with van der Waals surface area (Å²) in [7, 11) is 0. The molecular weight excluding hydrogens is 419 g/mol. The van der Waals surface area contributed by atoms with Crippen molar-refractivity contribution < 1.29 is 18.4 Å². The maximum Gasteiger partial charge on any atom is 0.293 e. The predicted molar refractivity (Wildman–Crippen MR) is 117 cm³/mol. The van der Waals surface area contributed by atoms with Crippen molar-refractivity contribution in [1.29, 1.82) is 0 Å². The van der Waals surface area contributed by atoms with Crippen molar-refractivity contribution >= 4 is 34.0 Å². The molecule has 1 aliphatic heterocycles. The van der Waals surface area contributed by atoms with Gasteiger partial charge in [-0.1, -0.05) is 6.07 Å². The summed E-state index contributed by atoms with van der Waals surface area (Å²) >= 11 is 1.25. The first kappa shape index (κ1) is 21.0. The number of amides is 2. The zero-order valence-corrected chi connectivity index (χ0v) is 17.9. The molecule has 0 spiro atoms. The summed E-state index contributed by atoms with van der Waals surface area (Å²) in [5.41, 5.74) is 2.16. The monoisotopic (exact) mass is 442 g/mol. The number of carbonyl (C=O) groups excluding carboxylic acids is 2. The third-order valence-corrected chi connectivity index (χ3v) is 5.89. The van der Waals surface area contributed by atoms with Crippen molar-refractivity contribution in [3.8, 4) is 0 Å². The van der Waals surface area contributed by atoms with Gasteiger partial charge in [0.25, 0.3) is 5.91 Å². The fourth-order valence-corrected chi connectivity index (χ4v) is 4.34. The normalized spacial score (nSPS) is 16.2. The number of benzene rings is 1. The van der Waals surface area contributed by atoms with Crippen molar-refractivity contribution in [2.45, 2.75) is 32.2 Å². The second-order valence-electron chi connectivity index (χ2n) is 7.56. The highest BCUT2D eigenvalue weighted by Crippen LogP contribution is 2.24. The third-order valence-electron chi connectivity index (χ3n) is 5.09. The number of rotatable bonds is 6. The molecule has 31 heavy (non-hydrogen) atoms. The van der Waals surface area contributed by atoms with Crippen molar-refractivity contribution in [1.82, 2.24) is 10.3 Å². The quantitative estimate of drug-likeness (QED) is 0.607. The molecule has 3 aromatic rings. The van der Waals surface area contributed by atoms with Gasteiger partial charge in [0.05, 0.1) is 24.1 Å². The summed E-state index contributed by atoms with van der Waals surface area (Å²) < 4.78 is 19.3. The molecule has 1 atom stereocenters. The van der Waals surface area contributed by atoms with E-state index in [1.807, 2.05) is 17.9 Å². The van der Waals surface area contributed by atoms with Gasteiger partial charge in [-0.15, -0.1) is 11.3 Å². The van der Waals surface area contributed by atoms with Crippen LogP contribution in [0.1, 0.15) is 34.7 Å². The molecule has 4 rings (SSSR count). The fraction of sp³-hybridized carbons (Fsp3) is 0.318. The van der Waals surface area contributed by atoms with Gasteiger partial charge in [0.1, 0.15) is 5.82 Å². The van der Waals surface area contributed by atoms with Crippen LogP contribution in [0.25, 0.3) is 0 Å². The maximum absolute atomic E-state index is 14.2. The Bertz CT molecular complexity index is 1070. The molecule has 1 saturated heterocycles. The number of nitrogens with zero attached hydrogens (tertiary/aromatic N) is 2. The van der Waals surface area contributed by atoms with E-state index in [-0.39, 0.29) is 35.9 Å². The van der Waals surface area contributed by atoms with E-state index in [1.165, 1.54) is 23.7 Å². The number of halogens is 1. The largest absolute Gasteiger partial charge is 0.459 e. The Labute approximate surface area is 183 Å². The number of carbonyl (C=O) groups is 2. The number of furan rings is 1. The van der Waals surface area contributed by atoms with Crippen molar-refractivity contribution in [2.24, 2.45) is 0 Å². The second-order valence-corrected chi connectivity index (χ2v) is 8.42. The summed E-state index contributed by atoms with van der Waals surface area (Å²) in [5.74, 6) is -0.586. The van der Waals surface area contributed by atoms with Gasteiger partial charge in [-0.3, -0.25) is 14.9 Å². The smallest absolute Gasteiger partial charge is 0.293 e. The van der Waals surface area contributed by atoms with Crippen LogP contribution in [0.15, 0.2) is 46.4 Å². The van der Waals surface area contributed by atoms with Crippen LogP contribution in [-0.4, -0.2) is 35.9 Å². The van der Waals surface area contributed by atoms with Gasteiger partial charge < -0.3 is 14.6 Å². The van der Waals surface area contributed by atoms with E-state index in [2.05, 4.69) is 15.6 Å². The molecule has 7 nitrogen and oxygen atoms in total. The summed E-state index contributed by atoms with van der Waals surface area (Å²) in [4.78, 5) is 30.8. The number of thiazole rings is 1. The van der Waals surface area contributed by atoms with Gasteiger partial charge in [-0.05, 0) is 49.6 Å². The zero-order valence-electron chi connectivity index (χ0n) is 17.1. The van der Waals surface area contributed by atoms with Gasteiger partial charge in [-0.25, -0.2) is 9.37 Å². The predicted octanol–water partition coefficient (Wildman–Crippen LogP) is 3.76. The molecule has 1 unspecified atom stereocenters. The van der Waals surface area contributed by atoms with E-state index in [1.54, 1.807) is 23.6 Å². The number of piperidine rings is 1. The lowest BCUT2D eigenvalue weighted by atomic mass is 10.0. The van der Waals surface area contributed by atoms with E-state index in [4.69, 9.17) is 4.42 Å². The van der Waals surface area contributed by atoms with Crippen LogP contribution < -0.4 is 15.5 Å². The standard InChI is InChI=1S/C22H23FN4O3S/c1-14-6-7-17(23)18(10-14)27-8-2-4-15(12-27)24-20(28)11-16-13-31-22(25-16)26-21(29)19-5-3-9-30-19/h3,5-7,9-10,13,15H,2,4,8,11-12H2,1H3,(H,24,28)(H,25,26,29). The molecule has 1 aliphatic rings. The average molecular weight is 443 g/mol. The highest BCUT2D eigenvalue weighted by atomic mass is 32.1. The lowest BCUT2D eigenvalue weighted by Crippen LogP contribution is -2.48. The van der Waals surface area contributed by atoms with Crippen LogP contribution in [0.5, 0.6) is 0 Å². The average Bonchev–Trinajstić information content (AvgIpc) is 3.42. The molecule has 1 fully saturated rings. The van der Waals surface area contributed by atoms with Crippen molar-refractivity contribution in [3.63, 3.8) is 0 Å². The molecule has 1 aromatic carbocycles. The topological polar surface area (TPSA) is 87.5 Å². The Morgan fingerprint density at radius 1 is 1.35 bits per heavy atom. The number of hydrogen-bond donors (Lipinski definition) is 2. The fourth-order valence-electron chi connectivity index (χ4n) is 3.63. The van der Waals surface area contributed by atoms with Crippen molar-refractivity contribution in [2.75, 3.05) is 23.3 Å². The van der Waals surface area contributed by atoms with Crippen LogP contribution in [-0.2, 0) is 11.2 Å². The van der Waals surface area contributed by atoms with E-state index in [0.717, 1.165) is 24.9 Å². The maximum atomic E-state index is 14.2. The molecule has 3 heterocycles. The number of aromatic nitrogens is 1. The molecule has 162 valence electrons. The van der Waals surface area contributed by atoms with Crippen LogP contribution in [0, 0.1) is 12.7 Å². The van der Waals surface area contributed by atoms with E-state index in [0.29, 0.717) is 23.1 Å². The molecule has 0 aliphatic carbocycles. The third kappa shape index (κ3) is 5.29. The summed E-state index contributed by atoms with van der Waals surface area (Å²) in [6.45, 7) is 3.26. The molecule has 2 N–H and O–H groups in total. The van der Waals surface area contributed by atoms with E-state index >= 15 is 0 Å². The number of hydrogen-bond acceptors (Lipinski definition) is 6. The molecule has 0 saturated carbocycles. The summed E-state index contributed by atoms with van der Waals surface area (Å²) in [6.07, 6.45) is 3.25. The lowest BCUT2D eigenvalue weighted by Gasteiger charge is -2.35. The Balaban J connectivity index is 1.31. The van der Waals surface area contributed by atoms with Crippen molar-refractivity contribution in [3.05, 3.63) is 64.8 Å². The molecule has 0 bridgehead atoms. The Morgan fingerprint density at radius 3 is 3.03 bits per heavy atom. The van der Waals surface area contributed by atoms with Gasteiger partial charge >= 0.3 is 0 Å². The van der Waals surface area contributed by atoms with Gasteiger partial charge in [0.15, 0.2) is 10.9 Å². The highest BCUT2D eigenvalue weighted by Gasteiger charge is 2.24. The lowest BCUT2D eigenvalue weighted by molar-refractivity contribution is -0.121. The molecule has 9 heteroatoms. The first-order chi connectivity index (χ1) is 15.0. The minimum Gasteiger partial charge on any atom is -0.459 e. The minimum atomic E-state index is -0.388. The first-order valence-electron chi connectivity index (χ1n) is 10.1. The number of anilines is 2. The summed E-state index contributed by atoms with van der Waals surface area (Å²) in [5, 5.41) is 7.83. The summed E-state index contributed by atoms with van der Waals surface area (Å²) in [6, 6.07) is 8.21. The molecular formula is C22H23FN4O3S. The minimum absolute atomic E-state index is 0.0575. The van der Waals surface area contributed by atoms with Gasteiger partial charge in [-0.2, -0.15) is 0 Å². The van der Waals surface area contributed by atoms with Gasteiger partial charge in [0.2, 0.25) is 5.91 Å². The van der Waals surface area contributed by atoms with Gasteiger partial charge in [0, 0.05) is 24.5 Å². The number of aryl methyl sites for hydroxylation is 1. The molecule has 0 radical (unpaired) electrons. The number of nitrogens with one attached hydrogen (secondary N) is 2. The SMILES string of the molecule is Cc1ccc(F)c(N2CCCC(NC(=O)Cc3csc(NC(=O)c4ccco4)n3)C2)c1. The first-order valence-corrected chi connectivity index (χ1v) is 11.0. The van der Waals surface area contributed by atoms with Crippen LogP contribution in [0.2, 0.25) is 0 Å². The second kappa shape index (κ2) is 9.30. The zero-order chi connectivity index (χ0) is 21.8. The molecule has 2 aromatic heterocycles.